The van der Waals surface area contributed by atoms with E-state index < -0.39 is 28.0 Å². The van der Waals surface area contributed by atoms with Gasteiger partial charge in [0.25, 0.3) is 0 Å². The average molecular weight is 346 g/mol. The van der Waals surface area contributed by atoms with Crippen molar-refractivity contribution in [3.63, 3.8) is 0 Å². The minimum atomic E-state index is -3.84. The van der Waals surface area contributed by atoms with Crippen LogP contribution < -0.4 is 4.72 Å². The van der Waals surface area contributed by atoms with Gasteiger partial charge in [-0.25, -0.2) is 13.1 Å². The molecule has 0 aliphatic heterocycles. The fourth-order valence-corrected chi connectivity index (χ4v) is 4.55. The number of aromatic nitrogens is 1. The van der Waals surface area contributed by atoms with Crippen molar-refractivity contribution in [2.45, 2.75) is 30.7 Å². The molecule has 1 aromatic heterocycles. The highest BCUT2D eigenvalue weighted by Crippen LogP contribution is 2.26. The number of allylic oxidation sites excluding steroid dienone is 1. The van der Waals surface area contributed by atoms with Gasteiger partial charge in [-0.2, -0.15) is 0 Å². The Labute approximate surface area is 140 Å². The summed E-state index contributed by atoms with van der Waals surface area (Å²) >= 11 is 0. The smallest absolute Gasteiger partial charge is 0.308 e. The van der Waals surface area contributed by atoms with Crippen LogP contribution in [-0.4, -0.2) is 30.5 Å². The van der Waals surface area contributed by atoms with Crippen molar-refractivity contribution in [3.8, 4) is 0 Å². The van der Waals surface area contributed by atoms with Crippen LogP contribution in [0, 0.1) is 12.8 Å². The molecule has 6 nitrogen and oxygen atoms in total. The second-order valence-corrected chi connectivity index (χ2v) is 7.55. The Morgan fingerprint density at radius 3 is 2.71 bits per heavy atom. The summed E-state index contributed by atoms with van der Waals surface area (Å²) in [7, 11) is -3.84. The highest BCUT2D eigenvalue weighted by atomic mass is 32.2. The van der Waals surface area contributed by atoms with E-state index in [1.165, 1.54) is 6.07 Å². The number of rotatable bonds is 4. The zero-order valence-electron chi connectivity index (χ0n) is 13.1. The number of aliphatic carboxylic acids is 1. The number of carboxylic acid groups (broad SMARTS) is 1. The van der Waals surface area contributed by atoms with Gasteiger partial charge in [0, 0.05) is 28.7 Å². The molecule has 0 bridgehead atoms. The van der Waals surface area contributed by atoms with E-state index in [1.54, 1.807) is 24.4 Å². The summed E-state index contributed by atoms with van der Waals surface area (Å²) in [6.45, 7) is 1.82. The molecule has 1 heterocycles. The molecule has 1 aromatic carbocycles. The number of sulfonamides is 1. The summed E-state index contributed by atoms with van der Waals surface area (Å²) < 4.78 is 28.3. The third kappa shape index (κ3) is 3.05. The number of pyridine rings is 1. The predicted octanol–water partition coefficient (Wildman–Crippen LogP) is 2.24. The summed E-state index contributed by atoms with van der Waals surface area (Å²) in [4.78, 5) is 15.7. The molecule has 3 rings (SSSR count). The lowest BCUT2D eigenvalue weighted by Crippen LogP contribution is -2.44. The molecule has 0 fully saturated rings. The van der Waals surface area contributed by atoms with Crippen LogP contribution in [-0.2, 0) is 14.8 Å². The molecular formula is C17H18N2O4S. The highest BCUT2D eigenvalue weighted by molar-refractivity contribution is 7.89. The van der Waals surface area contributed by atoms with Crippen molar-refractivity contribution >= 4 is 26.8 Å². The first kappa shape index (κ1) is 16.6. The molecule has 0 radical (unpaired) electrons. The SMILES string of the molecule is Cc1nccc2c(S(=O)(=O)N[C@@H]3CC=CC[C@@H]3C(=O)O)cccc12. The Morgan fingerprint density at radius 2 is 1.96 bits per heavy atom. The van der Waals surface area contributed by atoms with Gasteiger partial charge in [-0.05, 0) is 31.9 Å². The zero-order chi connectivity index (χ0) is 17.3. The van der Waals surface area contributed by atoms with E-state index in [4.69, 9.17) is 0 Å². The van der Waals surface area contributed by atoms with E-state index in [0.717, 1.165) is 11.1 Å². The van der Waals surface area contributed by atoms with E-state index in [-0.39, 0.29) is 4.90 Å². The second kappa shape index (κ2) is 6.33. The topological polar surface area (TPSA) is 96.4 Å². The fourth-order valence-electron chi connectivity index (χ4n) is 3.04. The maximum atomic E-state index is 12.8. The van der Waals surface area contributed by atoms with Crippen LogP contribution in [0.2, 0.25) is 0 Å². The molecule has 0 spiro atoms. The molecule has 0 saturated heterocycles. The van der Waals surface area contributed by atoms with Gasteiger partial charge in [-0.3, -0.25) is 9.78 Å². The van der Waals surface area contributed by atoms with E-state index in [1.807, 2.05) is 19.1 Å². The van der Waals surface area contributed by atoms with Crippen LogP contribution in [0.15, 0.2) is 47.5 Å². The number of aryl methyl sites for hydroxylation is 1. The van der Waals surface area contributed by atoms with Crippen molar-refractivity contribution in [2.75, 3.05) is 0 Å². The van der Waals surface area contributed by atoms with Gasteiger partial charge in [0.05, 0.1) is 10.8 Å². The van der Waals surface area contributed by atoms with Crippen LogP contribution in [0.4, 0.5) is 0 Å². The number of fused-ring (bicyclic) bond motifs is 1. The number of carbonyl (C=O) groups is 1. The Bertz CT molecular complexity index is 921. The highest BCUT2D eigenvalue weighted by Gasteiger charge is 2.32. The normalized spacial score (nSPS) is 21.0. The molecule has 1 aliphatic rings. The van der Waals surface area contributed by atoms with Gasteiger partial charge in [-0.15, -0.1) is 0 Å². The molecule has 0 unspecified atom stereocenters. The standard InChI is InChI=1S/C17H18N2O4S/c1-11-12-6-4-8-16(13(12)9-10-18-11)24(22,23)19-15-7-3-2-5-14(15)17(20)21/h2-4,6,8-10,14-15,19H,5,7H2,1H3,(H,20,21)/t14-,15+/m0/s1. The summed E-state index contributed by atoms with van der Waals surface area (Å²) in [6.07, 6.45) is 5.84. The molecule has 24 heavy (non-hydrogen) atoms. The maximum absolute atomic E-state index is 12.8. The molecule has 0 saturated carbocycles. The minimum Gasteiger partial charge on any atom is -0.481 e. The molecule has 2 N–H and O–H groups in total. The van der Waals surface area contributed by atoms with Gasteiger partial charge in [-0.1, -0.05) is 24.3 Å². The number of hydrogen-bond donors (Lipinski definition) is 2. The molecule has 1 aliphatic carbocycles. The van der Waals surface area contributed by atoms with Crippen LogP contribution in [0.3, 0.4) is 0 Å². The lowest BCUT2D eigenvalue weighted by molar-refractivity contribution is -0.142. The number of nitrogens with zero attached hydrogens (tertiary/aromatic N) is 1. The van der Waals surface area contributed by atoms with Crippen LogP contribution in [0.5, 0.6) is 0 Å². The summed E-state index contributed by atoms with van der Waals surface area (Å²) in [5.41, 5.74) is 0.744. The van der Waals surface area contributed by atoms with Crippen LogP contribution in [0.1, 0.15) is 18.5 Å². The predicted molar refractivity (Wildman–Crippen MR) is 90.1 cm³/mol. The van der Waals surface area contributed by atoms with Crippen LogP contribution >= 0.6 is 0 Å². The fraction of sp³-hybridized carbons (Fsp3) is 0.294. The van der Waals surface area contributed by atoms with E-state index >= 15 is 0 Å². The van der Waals surface area contributed by atoms with Gasteiger partial charge in [0.1, 0.15) is 0 Å². The van der Waals surface area contributed by atoms with E-state index in [9.17, 15) is 18.3 Å². The van der Waals surface area contributed by atoms with Crippen LogP contribution in [0.25, 0.3) is 10.8 Å². The lowest BCUT2D eigenvalue weighted by atomic mass is 9.90. The summed E-state index contributed by atoms with van der Waals surface area (Å²) in [6, 6.07) is 6.02. The van der Waals surface area contributed by atoms with Crippen molar-refractivity contribution < 1.29 is 18.3 Å². The van der Waals surface area contributed by atoms with Crippen molar-refractivity contribution in [2.24, 2.45) is 5.92 Å². The second-order valence-electron chi connectivity index (χ2n) is 5.86. The Balaban J connectivity index is 2.01. The molecule has 7 heteroatoms. The number of nitrogens with one attached hydrogen (secondary N) is 1. The number of hydrogen-bond acceptors (Lipinski definition) is 4. The summed E-state index contributed by atoms with van der Waals surface area (Å²) in [5, 5.41) is 10.6. The maximum Gasteiger partial charge on any atom is 0.308 e. The largest absolute Gasteiger partial charge is 0.481 e. The lowest BCUT2D eigenvalue weighted by Gasteiger charge is -2.26. The van der Waals surface area contributed by atoms with Gasteiger partial charge in [0.15, 0.2) is 0 Å². The number of carboxylic acids is 1. The van der Waals surface area contributed by atoms with Crippen molar-refractivity contribution in [1.29, 1.82) is 0 Å². The summed E-state index contributed by atoms with van der Waals surface area (Å²) in [5.74, 6) is -1.76. The minimum absolute atomic E-state index is 0.143. The Hall–Kier alpha value is -2.25. The number of benzene rings is 1. The Kier molecular flexibility index (Phi) is 4.38. The zero-order valence-corrected chi connectivity index (χ0v) is 14.0. The van der Waals surface area contributed by atoms with Crippen molar-refractivity contribution in [1.82, 2.24) is 9.71 Å². The third-order valence-electron chi connectivity index (χ3n) is 4.31. The van der Waals surface area contributed by atoms with Gasteiger partial charge >= 0.3 is 5.97 Å². The molecule has 2 aromatic rings. The quantitative estimate of drug-likeness (QED) is 0.828. The van der Waals surface area contributed by atoms with Crippen molar-refractivity contribution in [3.05, 3.63) is 48.3 Å². The molecule has 126 valence electrons. The first-order valence-corrected chi connectivity index (χ1v) is 9.13. The first-order valence-electron chi connectivity index (χ1n) is 7.64. The Morgan fingerprint density at radius 1 is 1.21 bits per heavy atom. The molecule has 0 amide bonds. The van der Waals surface area contributed by atoms with E-state index in [0.29, 0.717) is 18.2 Å². The van der Waals surface area contributed by atoms with Gasteiger partial charge < -0.3 is 5.11 Å². The van der Waals surface area contributed by atoms with Gasteiger partial charge in [0.2, 0.25) is 10.0 Å². The molecule has 2 atom stereocenters. The molecular weight excluding hydrogens is 328 g/mol. The monoisotopic (exact) mass is 346 g/mol. The average Bonchev–Trinajstić information content (AvgIpc) is 2.54. The third-order valence-corrected chi connectivity index (χ3v) is 5.86. The van der Waals surface area contributed by atoms with E-state index in [2.05, 4.69) is 9.71 Å². The first-order chi connectivity index (χ1) is 11.4.